The van der Waals surface area contributed by atoms with Gasteiger partial charge in [0.05, 0.1) is 13.2 Å². The zero-order valence-electron chi connectivity index (χ0n) is 11.9. The van der Waals surface area contributed by atoms with Crippen molar-refractivity contribution in [1.82, 2.24) is 15.0 Å². The van der Waals surface area contributed by atoms with Crippen molar-refractivity contribution in [2.45, 2.75) is 12.1 Å². The van der Waals surface area contributed by atoms with Crippen LogP contribution in [0.5, 0.6) is 0 Å². The molecule has 0 saturated carbocycles. The van der Waals surface area contributed by atoms with Crippen molar-refractivity contribution >= 4 is 23.7 Å². The molecule has 2 N–H and O–H groups in total. The summed E-state index contributed by atoms with van der Waals surface area (Å²) in [6.07, 6.45) is 0. The first-order valence-electron chi connectivity index (χ1n) is 6.73. The number of nitrogens with one attached hydrogen (secondary N) is 1. The van der Waals surface area contributed by atoms with Gasteiger partial charge in [-0.05, 0) is 5.92 Å². The highest BCUT2D eigenvalue weighted by atomic mass is 32.2. The topological polar surface area (TPSA) is 83.4 Å². The molecule has 1 atom stereocenters. The van der Waals surface area contributed by atoms with Gasteiger partial charge in [-0.3, -0.25) is 0 Å². The first kappa shape index (κ1) is 15.3. The Balaban J connectivity index is 2.10. The Kier molecular flexibility index (Phi) is 5.81. The predicted octanol–water partition coefficient (Wildman–Crippen LogP) is 0.470. The lowest BCUT2D eigenvalue weighted by molar-refractivity contribution is 0.122. The van der Waals surface area contributed by atoms with Gasteiger partial charge >= 0.3 is 0 Å². The molecule has 0 aliphatic carbocycles. The lowest BCUT2D eigenvalue weighted by Crippen LogP contribution is -2.37. The first-order chi connectivity index (χ1) is 9.72. The van der Waals surface area contributed by atoms with Gasteiger partial charge < -0.3 is 20.1 Å². The van der Waals surface area contributed by atoms with Crippen molar-refractivity contribution in [1.29, 1.82) is 0 Å². The van der Waals surface area contributed by atoms with Crippen molar-refractivity contribution in [3.8, 4) is 0 Å². The fourth-order valence-electron chi connectivity index (χ4n) is 1.70. The molecular weight excluding hydrogens is 278 g/mol. The van der Waals surface area contributed by atoms with E-state index in [9.17, 15) is 0 Å². The highest BCUT2D eigenvalue weighted by Gasteiger charge is 2.16. The summed E-state index contributed by atoms with van der Waals surface area (Å²) in [5.41, 5.74) is 0. The second-order valence-corrected chi connectivity index (χ2v) is 5.68. The number of nitrogens with zero attached hydrogens (tertiary/aromatic N) is 4. The summed E-state index contributed by atoms with van der Waals surface area (Å²) in [4.78, 5) is 15.3. The van der Waals surface area contributed by atoms with Gasteiger partial charge in [0.15, 0.2) is 5.16 Å². The molecule has 112 valence electrons. The van der Waals surface area contributed by atoms with Crippen molar-refractivity contribution in [3.63, 3.8) is 0 Å². The summed E-state index contributed by atoms with van der Waals surface area (Å²) in [7, 11) is 1.79. The SMILES string of the molecule is CNc1nc(SCC(C)CO)nc(N2CCOCC2)n1. The van der Waals surface area contributed by atoms with Crippen molar-refractivity contribution in [2.75, 3.05) is 55.9 Å². The van der Waals surface area contributed by atoms with Crippen LogP contribution >= 0.6 is 11.8 Å². The van der Waals surface area contributed by atoms with E-state index in [-0.39, 0.29) is 12.5 Å². The van der Waals surface area contributed by atoms with E-state index in [4.69, 9.17) is 9.84 Å². The lowest BCUT2D eigenvalue weighted by Gasteiger charge is -2.27. The number of thioether (sulfide) groups is 1. The Labute approximate surface area is 123 Å². The molecule has 2 rings (SSSR count). The number of hydrogen-bond donors (Lipinski definition) is 2. The molecule has 0 bridgehead atoms. The quantitative estimate of drug-likeness (QED) is 0.734. The molecule has 1 unspecified atom stereocenters. The third kappa shape index (κ3) is 4.19. The molecule has 0 spiro atoms. The summed E-state index contributed by atoms with van der Waals surface area (Å²) in [6, 6.07) is 0. The van der Waals surface area contributed by atoms with Gasteiger partial charge in [0.25, 0.3) is 0 Å². The van der Waals surface area contributed by atoms with Crippen LogP contribution in [0.25, 0.3) is 0 Å². The van der Waals surface area contributed by atoms with E-state index >= 15 is 0 Å². The molecule has 2 heterocycles. The minimum atomic E-state index is 0.174. The molecule has 7 nitrogen and oxygen atoms in total. The van der Waals surface area contributed by atoms with Crippen LogP contribution in [0.4, 0.5) is 11.9 Å². The van der Waals surface area contributed by atoms with Gasteiger partial charge in [-0.15, -0.1) is 0 Å². The van der Waals surface area contributed by atoms with Crippen LogP contribution in [0.15, 0.2) is 5.16 Å². The van der Waals surface area contributed by atoms with Crippen molar-refractivity contribution < 1.29 is 9.84 Å². The van der Waals surface area contributed by atoms with E-state index in [0.29, 0.717) is 30.3 Å². The Hall–Kier alpha value is -1.12. The lowest BCUT2D eigenvalue weighted by atomic mass is 10.2. The number of aliphatic hydroxyl groups excluding tert-OH is 1. The molecule has 1 aromatic rings. The van der Waals surface area contributed by atoms with Crippen LogP contribution in [-0.2, 0) is 4.74 Å². The number of hydrogen-bond acceptors (Lipinski definition) is 8. The van der Waals surface area contributed by atoms with Crippen molar-refractivity contribution in [2.24, 2.45) is 5.92 Å². The summed E-state index contributed by atoms with van der Waals surface area (Å²) >= 11 is 1.54. The van der Waals surface area contributed by atoms with Gasteiger partial charge in [-0.2, -0.15) is 15.0 Å². The Bertz CT molecular complexity index is 428. The van der Waals surface area contributed by atoms with Crippen LogP contribution in [0.1, 0.15) is 6.92 Å². The second-order valence-electron chi connectivity index (χ2n) is 4.69. The molecule has 0 radical (unpaired) electrons. The van der Waals surface area contributed by atoms with Crippen LogP contribution in [0, 0.1) is 5.92 Å². The molecular formula is C12H21N5O2S. The number of ether oxygens (including phenoxy) is 1. The number of morpholine rings is 1. The predicted molar refractivity (Wildman–Crippen MR) is 79.4 cm³/mol. The zero-order chi connectivity index (χ0) is 14.4. The normalized spacial score (nSPS) is 17.1. The molecule has 1 fully saturated rings. The van der Waals surface area contributed by atoms with E-state index in [1.165, 1.54) is 0 Å². The molecule has 0 amide bonds. The van der Waals surface area contributed by atoms with Gasteiger partial charge in [-0.1, -0.05) is 18.7 Å². The first-order valence-corrected chi connectivity index (χ1v) is 7.71. The highest BCUT2D eigenvalue weighted by Crippen LogP contribution is 2.21. The van der Waals surface area contributed by atoms with E-state index in [0.717, 1.165) is 18.8 Å². The minimum Gasteiger partial charge on any atom is -0.396 e. The summed E-state index contributed by atoms with van der Waals surface area (Å²) in [5, 5.41) is 12.7. The summed E-state index contributed by atoms with van der Waals surface area (Å²) in [6.45, 7) is 5.16. The number of anilines is 2. The third-order valence-electron chi connectivity index (χ3n) is 2.93. The Morgan fingerprint density at radius 1 is 1.35 bits per heavy atom. The summed E-state index contributed by atoms with van der Waals surface area (Å²) in [5.74, 6) is 2.26. The van der Waals surface area contributed by atoms with Crippen LogP contribution < -0.4 is 10.2 Å². The minimum absolute atomic E-state index is 0.174. The fourth-order valence-corrected chi connectivity index (χ4v) is 2.53. The second kappa shape index (κ2) is 7.61. The molecule has 1 saturated heterocycles. The fraction of sp³-hybridized carbons (Fsp3) is 0.750. The maximum atomic E-state index is 9.07. The average molecular weight is 299 g/mol. The largest absolute Gasteiger partial charge is 0.396 e. The van der Waals surface area contributed by atoms with E-state index in [2.05, 4.69) is 25.2 Å². The van der Waals surface area contributed by atoms with Gasteiger partial charge in [0.1, 0.15) is 0 Å². The molecule has 0 aromatic carbocycles. The maximum absolute atomic E-state index is 9.07. The zero-order valence-corrected chi connectivity index (χ0v) is 12.7. The van der Waals surface area contributed by atoms with Gasteiger partial charge in [0.2, 0.25) is 11.9 Å². The third-order valence-corrected chi connectivity index (χ3v) is 4.11. The average Bonchev–Trinajstić information content (AvgIpc) is 2.53. The van der Waals surface area contributed by atoms with Crippen LogP contribution in [0.2, 0.25) is 0 Å². The molecule has 1 aliphatic rings. The molecule has 1 aromatic heterocycles. The highest BCUT2D eigenvalue weighted by molar-refractivity contribution is 7.99. The standard InChI is InChI=1S/C12H21N5O2S/c1-9(7-18)8-20-12-15-10(13-2)14-11(16-12)17-3-5-19-6-4-17/h9,18H,3-8H2,1-2H3,(H,13,14,15,16). The number of aliphatic hydroxyl groups is 1. The molecule has 8 heteroatoms. The van der Waals surface area contributed by atoms with E-state index in [1.807, 2.05) is 6.92 Å². The van der Waals surface area contributed by atoms with Gasteiger partial charge in [-0.25, -0.2) is 0 Å². The summed E-state index contributed by atoms with van der Waals surface area (Å²) < 4.78 is 5.34. The Morgan fingerprint density at radius 3 is 2.75 bits per heavy atom. The van der Waals surface area contributed by atoms with Crippen LogP contribution in [-0.4, -0.2) is 65.8 Å². The number of aromatic nitrogens is 3. The smallest absolute Gasteiger partial charge is 0.231 e. The van der Waals surface area contributed by atoms with Gasteiger partial charge in [0, 0.05) is 32.5 Å². The number of rotatable bonds is 6. The van der Waals surface area contributed by atoms with Crippen LogP contribution in [0.3, 0.4) is 0 Å². The monoisotopic (exact) mass is 299 g/mol. The Morgan fingerprint density at radius 2 is 2.10 bits per heavy atom. The maximum Gasteiger partial charge on any atom is 0.231 e. The van der Waals surface area contributed by atoms with E-state index in [1.54, 1.807) is 18.8 Å². The molecule has 1 aliphatic heterocycles. The van der Waals surface area contributed by atoms with E-state index < -0.39 is 0 Å². The van der Waals surface area contributed by atoms with Crippen molar-refractivity contribution in [3.05, 3.63) is 0 Å². The molecule has 20 heavy (non-hydrogen) atoms.